The molecule has 1 N–H and O–H groups in total. The number of hydrogen-bond donors (Lipinski definition) is 1. The number of hydrogen-bond acceptors (Lipinski definition) is 6. The van der Waals surface area contributed by atoms with Gasteiger partial charge in [0.25, 0.3) is 5.91 Å². The summed E-state index contributed by atoms with van der Waals surface area (Å²) in [5.74, 6) is -1.29. The zero-order valence-electron chi connectivity index (χ0n) is 18.7. The van der Waals surface area contributed by atoms with Crippen molar-refractivity contribution in [2.45, 2.75) is 44.4 Å². The third-order valence-corrected chi connectivity index (χ3v) is 7.43. The van der Waals surface area contributed by atoms with Gasteiger partial charge in [-0.25, -0.2) is 13.2 Å². The van der Waals surface area contributed by atoms with Crippen LogP contribution in [0, 0.1) is 6.92 Å². The van der Waals surface area contributed by atoms with E-state index in [1.807, 2.05) is 31.2 Å². The lowest BCUT2D eigenvalue weighted by Crippen LogP contribution is -2.48. The Hall–Kier alpha value is -2.46. The second-order valence-electron chi connectivity index (χ2n) is 8.06. The monoisotopic (exact) mass is 494 g/mol. The maximum atomic E-state index is 13.2. The molecule has 2 unspecified atom stereocenters. The van der Waals surface area contributed by atoms with Gasteiger partial charge in [-0.15, -0.1) is 0 Å². The van der Waals surface area contributed by atoms with Crippen molar-refractivity contribution in [2.24, 2.45) is 0 Å². The van der Waals surface area contributed by atoms with Crippen molar-refractivity contribution in [3.63, 3.8) is 0 Å². The zero-order chi connectivity index (χ0) is 24.2. The quantitative estimate of drug-likeness (QED) is 0.594. The summed E-state index contributed by atoms with van der Waals surface area (Å²) in [6, 6.07) is 11.5. The molecular formula is C23H27ClN2O6S. The highest BCUT2D eigenvalue weighted by Gasteiger charge is 2.34. The molecule has 0 aliphatic carbocycles. The minimum absolute atomic E-state index is 0.00538. The molecule has 0 spiro atoms. The van der Waals surface area contributed by atoms with Gasteiger partial charge in [0.1, 0.15) is 4.90 Å². The number of morpholine rings is 1. The zero-order valence-corrected chi connectivity index (χ0v) is 20.3. The van der Waals surface area contributed by atoms with Crippen LogP contribution in [0.3, 0.4) is 0 Å². The van der Waals surface area contributed by atoms with E-state index in [0.717, 1.165) is 11.1 Å². The van der Waals surface area contributed by atoms with Crippen molar-refractivity contribution in [1.82, 2.24) is 9.62 Å². The minimum Gasteiger partial charge on any atom is -0.452 e. The highest BCUT2D eigenvalue weighted by molar-refractivity contribution is 7.89. The molecule has 3 rings (SSSR count). The van der Waals surface area contributed by atoms with Crippen LogP contribution < -0.4 is 5.32 Å². The topological polar surface area (TPSA) is 102 Å². The molecule has 2 aromatic rings. The Bertz CT molecular complexity index is 1110. The highest BCUT2D eigenvalue weighted by atomic mass is 35.5. The van der Waals surface area contributed by atoms with Gasteiger partial charge in [-0.2, -0.15) is 4.31 Å². The predicted octanol–water partition coefficient (Wildman–Crippen LogP) is 2.92. The first-order valence-corrected chi connectivity index (χ1v) is 12.3. The Morgan fingerprint density at radius 1 is 1.12 bits per heavy atom. The van der Waals surface area contributed by atoms with Crippen LogP contribution in [-0.4, -0.2) is 56.5 Å². The molecule has 8 nitrogen and oxygen atoms in total. The lowest BCUT2D eigenvalue weighted by Gasteiger charge is -2.34. The Morgan fingerprint density at radius 3 is 2.39 bits per heavy atom. The number of benzene rings is 2. The van der Waals surface area contributed by atoms with Crippen molar-refractivity contribution in [3.05, 3.63) is 64.2 Å². The van der Waals surface area contributed by atoms with Crippen LogP contribution in [0.25, 0.3) is 0 Å². The van der Waals surface area contributed by atoms with Gasteiger partial charge in [0.2, 0.25) is 10.0 Å². The number of amides is 1. The van der Waals surface area contributed by atoms with E-state index in [1.54, 1.807) is 13.8 Å². The molecule has 2 aromatic carbocycles. The van der Waals surface area contributed by atoms with E-state index >= 15 is 0 Å². The van der Waals surface area contributed by atoms with E-state index in [-0.39, 0.29) is 40.8 Å². The fourth-order valence-electron chi connectivity index (χ4n) is 3.47. The third-order valence-electron chi connectivity index (χ3n) is 5.12. The van der Waals surface area contributed by atoms with E-state index < -0.39 is 28.5 Å². The summed E-state index contributed by atoms with van der Waals surface area (Å²) in [5, 5.41) is 2.66. The number of carbonyl (C=O) groups is 2. The standard InChI is InChI=1S/C23H27ClN2O6S/c1-15-4-6-18(7-5-15)11-25-22(27)14-31-23(28)19-8-9-20(24)21(10-19)33(29,30)26-12-16(2)32-17(3)13-26/h4-10,16-17H,11-14H2,1-3H3,(H,25,27). The first kappa shape index (κ1) is 25.2. The number of sulfonamides is 1. The fourth-order valence-corrected chi connectivity index (χ4v) is 5.56. The van der Waals surface area contributed by atoms with Crippen molar-refractivity contribution >= 4 is 33.5 Å². The second kappa shape index (κ2) is 10.6. The number of esters is 1. The van der Waals surface area contributed by atoms with Crippen LogP contribution in [0.2, 0.25) is 5.02 Å². The summed E-state index contributed by atoms with van der Waals surface area (Å²) in [4.78, 5) is 24.3. The summed E-state index contributed by atoms with van der Waals surface area (Å²) >= 11 is 6.16. The molecule has 1 amide bonds. The molecular weight excluding hydrogens is 468 g/mol. The molecule has 1 fully saturated rings. The van der Waals surface area contributed by atoms with Gasteiger partial charge in [-0.1, -0.05) is 41.4 Å². The van der Waals surface area contributed by atoms with Crippen LogP contribution in [0.1, 0.15) is 35.3 Å². The molecule has 1 aliphatic rings. The number of aryl methyl sites for hydroxylation is 1. The fraction of sp³-hybridized carbons (Fsp3) is 0.391. The van der Waals surface area contributed by atoms with Crippen molar-refractivity contribution in [1.29, 1.82) is 0 Å². The smallest absolute Gasteiger partial charge is 0.338 e. The van der Waals surface area contributed by atoms with Crippen LogP contribution in [0.15, 0.2) is 47.4 Å². The Balaban J connectivity index is 1.63. The van der Waals surface area contributed by atoms with Gasteiger partial charge in [0, 0.05) is 19.6 Å². The number of carbonyl (C=O) groups excluding carboxylic acids is 2. The van der Waals surface area contributed by atoms with Crippen LogP contribution >= 0.6 is 11.6 Å². The Kier molecular flexibility index (Phi) is 8.12. The predicted molar refractivity (Wildman–Crippen MR) is 124 cm³/mol. The van der Waals surface area contributed by atoms with Crippen molar-refractivity contribution in [3.8, 4) is 0 Å². The van der Waals surface area contributed by atoms with Gasteiger partial charge in [0.05, 0.1) is 22.8 Å². The maximum Gasteiger partial charge on any atom is 0.338 e. The summed E-state index contributed by atoms with van der Waals surface area (Å²) in [5.41, 5.74) is 2.01. The van der Waals surface area contributed by atoms with Gasteiger partial charge in [-0.05, 0) is 44.5 Å². The summed E-state index contributed by atoms with van der Waals surface area (Å²) in [6.45, 7) is 5.72. The van der Waals surface area contributed by atoms with E-state index in [2.05, 4.69) is 5.32 Å². The lowest BCUT2D eigenvalue weighted by atomic mass is 10.1. The molecule has 1 heterocycles. The number of rotatable bonds is 7. The van der Waals surface area contributed by atoms with E-state index in [0.29, 0.717) is 6.54 Å². The Labute approximate surface area is 198 Å². The van der Waals surface area contributed by atoms with Crippen molar-refractivity contribution in [2.75, 3.05) is 19.7 Å². The summed E-state index contributed by atoms with van der Waals surface area (Å²) in [7, 11) is -3.95. The molecule has 1 saturated heterocycles. The molecule has 33 heavy (non-hydrogen) atoms. The lowest BCUT2D eigenvalue weighted by molar-refractivity contribution is -0.124. The average molecular weight is 495 g/mol. The van der Waals surface area contributed by atoms with Crippen LogP contribution in [0.5, 0.6) is 0 Å². The number of nitrogens with one attached hydrogen (secondary N) is 1. The normalized spacial score (nSPS) is 19.2. The third kappa shape index (κ3) is 6.54. The minimum atomic E-state index is -3.95. The highest BCUT2D eigenvalue weighted by Crippen LogP contribution is 2.28. The van der Waals surface area contributed by atoms with Crippen molar-refractivity contribution < 1.29 is 27.5 Å². The number of ether oxygens (including phenoxy) is 2. The van der Waals surface area contributed by atoms with Gasteiger partial charge in [0.15, 0.2) is 6.61 Å². The molecule has 2 atom stereocenters. The van der Waals surface area contributed by atoms with E-state index in [4.69, 9.17) is 21.1 Å². The molecule has 178 valence electrons. The van der Waals surface area contributed by atoms with E-state index in [1.165, 1.54) is 22.5 Å². The summed E-state index contributed by atoms with van der Waals surface area (Å²) < 4.78 is 38.3. The molecule has 0 bridgehead atoms. The molecule has 10 heteroatoms. The number of nitrogens with zero attached hydrogens (tertiary/aromatic N) is 1. The number of halogens is 1. The first-order valence-electron chi connectivity index (χ1n) is 10.5. The first-order chi connectivity index (χ1) is 15.6. The van der Waals surface area contributed by atoms with Crippen LogP contribution in [0.4, 0.5) is 0 Å². The second-order valence-corrected chi connectivity index (χ2v) is 10.4. The van der Waals surface area contributed by atoms with Gasteiger partial charge >= 0.3 is 5.97 Å². The Morgan fingerprint density at radius 2 is 1.76 bits per heavy atom. The maximum absolute atomic E-state index is 13.2. The van der Waals surface area contributed by atoms with Crippen LogP contribution in [-0.2, 0) is 30.8 Å². The summed E-state index contributed by atoms with van der Waals surface area (Å²) in [6.07, 6.45) is -0.539. The molecule has 0 radical (unpaired) electrons. The molecule has 0 saturated carbocycles. The largest absolute Gasteiger partial charge is 0.452 e. The molecule has 1 aliphatic heterocycles. The average Bonchev–Trinajstić information content (AvgIpc) is 2.76. The SMILES string of the molecule is Cc1ccc(CNC(=O)COC(=O)c2ccc(Cl)c(S(=O)(=O)N3CC(C)OC(C)C3)c2)cc1. The van der Waals surface area contributed by atoms with Gasteiger partial charge < -0.3 is 14.8 Å². The molecule has 0 aromatic heterocycles. The van der Waals surface area contributed by atoms with Gasteiger partial charge in [-0.3, -0.25) is 4.79 Å². The van der Waals surface area contributed by atoms with E-state index in [9.17, 15) is 18.0 Å².